The molecule has 1 atom stereocenters. The molecule has 1 amide bonds. The maximum absolute atomic E-state index is 12.5. The van der Waals surface area contributed by atoms with Crippen LogP contribution in [0.1, 0.15) is 18.1 Å². The SMILES string of the molecule is C=CCc1ccc(OC(C)C(=O)Nc2cc(C)ccc2OC)c(OC)c1. The quantitative estimate of drug-likeness (QED) is 0.723. The monoisotopic (exact) mass is 355 g/mol. The van der Waals surface area contributed by atoms with Crippen LogP contribution in [0.25, 0.3) is 0 Å². The largest absolute Gasteiger partial charge is 0.495 e. The first kappa shape index (κ1) is 19.4. The summed E-state index contributed by atoms with van der Waals surface area (Å²) in [6.45, 7) is 7.37. The van der Waals surface area contributed by atoms with Crippen molar-refractivity contribution in [2.45, 2.75) is 26.4 Å². The first-order valence-corrected chi connectivity index (χ1v) is 8.38. The van der Waals surface area contributed by atoms with Gasteiger partial charge in [0.15, 0.2) is 17.6 Å². The molecule has 0 aliphatic heterocycles. The molecule has 1 unspecified atom stereocenters. The van der Waals surface area contributed by atoms with E-state index in [9.17, 15) is 4.79 Å². The molecule has 0 aromatic heterocycles. The van der Waals surface area contributed by atoms with Gasteiger partial charge in [0.05, 0.1) is 19.9 Å². The zero-order valence-corrected chi connectivity index (χ0v) is 15.7. The molecule has 0 saturated carbocycles. The Balaban J connectivity index is 2.12. The second-order valence-electron chi connectivity index (χ2n) is 5.93. The number of aryl methyl sites for hydroxylation is 1. The zero-order chi connectivity index (χ0) is 19.1. The molecule has 5 nitrogen and oxygen atoms in total. The number of hydrogen-bond acceptors (Lipinski definition) is 4. The lowest BCUT2D eigenvalue weighted by molar-refractivity contribution is -0.122. The molecule has 2 rings (SSSR count). The third-order valence-corrected chi connectivity index (χ3v) is 3.89. The van der Waals surface area contributed by atoms with Crippen molar-refractivity contribution in [1.82, 2.24) is 0 Å². The van der Waals surface area contributed by atoms with Crippen molar-refractivity contribution in [1.29, 1.82) is 0 Å². The molecule has 5 heteroatoms. The van der Waals surface area contributed by atoms with E-state index in [4.69, 9.17) is 14.2 Å². The van der Waals surface area contributed by atoms with Gasteiger partial charge >= 0.3 is 0 Å². The van der Waals surface area contributed by atoms with Crippen LogP contribution in [0, 0.1) is 6.92 Å². The van der Waals surface area contributed by atoms with Crippen LogP contribution in [0.4, 0.5) is 5.69 Å². The number of methoxy groups -OCH3 is 2. The smallest absolute Gasteiger partial charge is 0.265 e. The van der Waals surface area contributed by atoms with Crippen molar-refractivity contribution >= 4 is 11.6 Å². The number of anilines is 1. The minimum Gasteiger partial charge on any atom is -0.495 e. The summed E-state index contributed by atoms with van der Waals surface area (Å²) in [4.78, 5) is 12.5. The van der Waals surface area contributed by atoms with Gasteiger partial charge in [-0.25, -0.2) is 0 Å². The lowest BCUT2D eigenvalue weighted by Crippen LogP contribution is -2.30. The van der Waals surface area contributed by atoms with Gasteiger partial charge in [-0.15, -0.1) is 6.58 Å². The molecular weight excluding hydrogens is 330 g/mol. The number of amides is 1. The van der Waals surface area contributed by atoms with Gasteiger partial charge in [0.25, 0.3) is 5.91 Å². The van der Waals surface area contributed by atoms with E-state index in [1.54, 1.807) is 27.2 Å². The molecule has 0 saturated heterocycles. The van der Waals surface area contributed by atoms with Gasteiger partial charge in [-0.05, 0) is 55.7 Å². The first-order valence-electron chi connectivity index (χ1n) is 8.38. The molecule has 26 heavy (non-hydrogen) atoms. The fourth-order valence-electron chi connectivity index (χ4n) is 2.50. The molecule has 2 aromatic carbocycles. The van der Waals surface area contributed by atoms with Crippen LogP contribution in [0.5, 0.6) is 17.2 Å². The summed E-state index contributed by atoms with van der Waals surface area (Å²) in [6.07, 6.45) is 1.85. The number of allylic oxidation sites excluding steroid dienone is 1. The van der Waals surface area contributed by atoms with Gasteiger partial charge in [-0.2, -0.15) is 0 Å². The van der Waals surface area contributed by atoms with Gasteiger partial charge in [0, 0.05) is 0 Å². The molecule has 2 aromatic rings. The van der Waals surface area contributed by atoms with Crippen molar-refractivity contribution < 1.29 is 19.0 Å². The number of carbonyl (C=O) groups is 1. The minimum atomic E-state index is -0.709. The van der Waals surface area contributed by atoms with Crippen LogP contribution in [0.2, 0.25) is 0 Å². The van der Waals surface area contributed by atoms with Gasteiger partial charge < -0.3 is 19.5 Å². The molecule has 138 valence electrons. The minimum absolute atomic E-state index is 0.272. The lowest BCUT2D eigenvalue weighted by Gasteiger charge is -2.18. The zero-order valence-electron chi connectivity index (χ0n) is 15.7. The number of benzene rings is 2. The first-order chi connectivity index (χ1) is 12.5. The van der Waals surface area contributed by atoms with E-state index < -0.39 is 6.10 Å². The van der Waals surface area contributed by atoms with Crippen molar-refractivity contribution in [3.05, 3.63) is 60.2 Å². The summed E-state index contributed by atoms with van der Waals surface area (Å²) in [5, 5.41) is 2.85. The number of nitrogens with one attached hydrogen (secondary N) is 1. The van der Waals surface area contributed by atoms with Crippen LogP contribution >= 0.6 is 0 Å². The Hall–Kier alpha value is -2.95. The van der Waals surface area contributed by atoms with Gasteiger partial charge in [-0.1, -0.05) is 18.2 Å². The molecule has 0 aliphatic rings. The summed E-state index contributed by atoms with van der Waals surface area (Å²) in [5.74, 6) is 1.42. The summed E-state index contributed by atoms with van der Waals surface area (Å²) < 4.78 is 16.5. The summed E-state index contributed by atoms with van der Waals surface area (Å²) in [7, 11) is 3.14. The van der Waals surface area contributed by atoms with Crippen molar-refractivity contribution in [3.63, 3.8) is 0 Å². The maximum Gasteiger partial charge on any atom is 0.265 e. The van der Waals surface area contributed by atoms with Gasteiger partial charge in [-0.3, -0.25) is 4.79 Å². The van der Waals surface area contributed by atoms with E-state index in [0.29, 0.717) is 22.9 Å². The average Bonchev–Trinajstić information content (AvgIpc) is 2.63. The number of carbonyl (C=O) groups excluding carboxylic acids is 1. The Morgan fingerprint density at radius 1 is 1.12 bits per heavy atom. The van der Waals surface area contributed by atoms with Crippen LogP contribution in [-0.2, 0) is 11.2 Å². The topological polar surface area (TPSA) is 56.8 Å². The van der Waals surface area contributed by atoms with E-state index in [-0.39, 0.29) is 5.91 Å². The van der Waals surface area contributed by atoms with Crippen LogP contribution in [0.3, 0.4) is 0 Å². The molecule has 0 aliphatic carbocycles. The fourth-order valence-corrected chi connectivity index (χ4v) is 2.50. The van der Waals surface area contributed by atoms with Crippen molar-refractivity contribution in [3.8, 4) is 17.2 Å². The van der Waals surface area contributed by atoms with E-state index in [2.05, 4.69) is 11.9 Å². The highest BCUT2D eigenvalue weighted by Gasteiger charge is 2.18. The van der Waals surface area contributed by atoms with Gasteiger partial charge in [0.1, 0.15) is 5.75 Å². The Kier molecular flexibility index (Phi) is 6.67. The average molecular weight is 355 g/mol. The van der Waals surface area contributed by atoms with Crippen molar-refractivity contribution in [2.75, 3.05) is 19.5 Å². The third-order valence-electron chi connectivity index (χ3n) is 3.89. The Morgan fingerprint density at radius 2 is 1.81 bits per heavy atom. The predicted molar refractivity (Wildman–Crippen MR) is 103 cm³/mol. The fraction of sp³-hybridized carbons (Fsp3) is 0.286. The van der Waals surface area contributed by atoms with Crippen LogP contribution in [0.15, 0.2) is 49.1 Å². The molecule has 0 bridgehead atoms. The van der Waals surface area contributed by atoms with Crippen LogP contribution < -0.4 is 19.5 Å². The molecule has 0 fully saturated rings. The van der Waals surface area contributed by atoms with E-state index in [1.807, 2.05) is 43.3 Å². The highest BCUT2D eigenvalue weighted by Crippen LogP contribution is 2.30. The highest BCUT2D eigenvalue weighted by molar-refractivity contribution is 5.95. The summed E-state index contributed by atoms with van der Waals surface area (Å²) >= 11 is 0. The molecule has 0 spiro atoms. The normalized spacial score (nSPS) is 11.4. The van der Waals surface area contributed by atoms with Gasteiger partial charge in [0.2, 0.25) is 0 Å². The second kappa shape index (κ2) is 8.94. The maximum atomic E-state index is 12.5. The summed E-state index contributed by atoms with van der Waals surface area (Å²) in [5.41, 5.74) is 2.70. The highest BCUT2D eigenvalue weighted by atomic mass is 16.5. The van der Waals surface area contributed by atoms with E-state index >= 15 is 0 Å². The van der Waals surface area contributed by atoms with Crippen LogP contribution in [-0.4, -0.2) is 26.2 Å². The Morgan fingerprint density at radius 3 is 2.46 bits per heavy atom. The molecule has 0 heterocycles. The van der Waals surface area contributed by atoms with E-state index in [0.717, 1.165) is 17.5 Å². The predicted octanol–water partition coefficient (Wildman–Crippen LogP) is 4.15. The lowest BCUT2D eigenvalue weighted by atomic mass is 10.1. The molecule has 0 radical (unpaired) electrons. The van der Waals surface area contributed by atoms with E-state index in [1.165, 1.54) is 0 Å². The Bertz CT molecular complexity index is 786. The third kappa shape index (κ3) is 4.79. The Labute approximate surface area is 154 Å². The van der Waals surface area contributed by atoms with Crippen molar-refractivity contribution in [2.24, 2.45) is 0 Å². The summed E-state index contributed by atoms with van der Waals surface area (Å²) in [6, 6.07) is 11.2. The molecule has 1 N–H and O–H groups in total. The standard InChI is InChI=1S/C21H25NO4/c1-6-7-16-9-11-19(20(13-16)25-5)26-15(3)21(23)22-17-12-14(2)8-10-18(17)24-4/h6,8-13,15H,1,7H2,2-5H3,(H,22,23). The number of ether oxygens (including phenoxy) is 3. The number of hydrogen-bond donors (Lipinski definition) is 1. The number of rotatable bonds is 8. The second-order valence-corrected chi connectivity index (χ2v) is 5.93. The molecular formula is C21H25NO4.